The second kappa shape index (κ2) is 8.17. The molecule has 0 atom stereocenters. The van der Waals surface area contributed by atoms with Crippen LogP contribution in [0.5, 0.6) is 5.75 Å². The normalized spacial score (nSPS) is 15.0. The van der Waals surface area contributed by atoms with Crippen molar-refractivity contribution in [1.82, 2.24) is 15.0 Å². The fraction of sp³-hybridized carbons (Fsp3) is 0.444. The Morgan fingerprint density at radius 2 is 2.16 bits per heavy atom. The van der Waals surface area contributed by atoms with Crippen molar-refractivity contribution < 1.29 is 4.74 Å². The summed E-state index contributed by atoms with van der Waals surface area (Å²) in [6, 6.07) is 6.05. The van der Waals surface area contributed by atoms with Crippen LogP contribution in [0.2, 0.25) is 0 Å². The molecule has 2 aromatic rings. The Morgan fingerprint density at radius 1 is 1.36 bits per heavy atom. The summed E-state index contributed by atoms with van der Waals surface area (Å²) in [6.07, 6.45) is 7.38. The van der Waals surface area contributed by atoms with Gasteiger partial charge in [0.2, 0.25) is 0 Å². The van der Waals surface area contributed by atoms with Crippen LogP contribution < -0.4 is 9.64 Å². The Kier molecular flexibility index (Phi) is 5.71. The van der Waals surface area contributed by atoms with Crippen LogP contribution >= 0.6 is 11.8 Å². The molecular formula is C18H21N5OS. The minimum atomic E-state index is 0.511. The zero-order valence-electron chi connectivity index (χ0n) is 14.5. The molecule has 1 aliphatic heterocycles. The van der Waals surface area contributed by atoms with Gasteiger partial charge < -0.3 is 9.64 Å². The third kappa shape index (κ3) is 4.40. The van der Waals surface area contributed by atoms with E-state index >= 15 is 0 Å². The molecule has 1 saturated heterocycles. The van der Waals surface area contributed by atoms with E-state index in [9.17, 15) is 5.26 Å². The van der Waals surface area contributed by atoms with Crippen LogP contribution in [0.25, 0.3) is 0 Å². The Hall–Kier alpha value is -2.33. The molecule has 6 nitrogen and oxygen atoms in total. The third-order valence-electron chi connectivity index (χ3n) is 4.32. The lowest BCUT2D eigenvalue weighted by Crippen LogP contribution is -2.36. The molecule has 0 aromatic carbocycles. The Labute approximate surface area is 152 Å². The molecule has 0 radical (unpaired) electrons. The number of aromatic nitrogens is 3. The Morgan fingerprint density at radius 3 is 2.84 bits per heavy atom. The molecule has 7 heteroatoms. The fourth-order valence-corrected chi connectivity index (χ4v) is 3.25. The van der Waals surface area contributed by atoms with Gasteiger partial charge >= 0.3 is 0 Å². The van der Waals surface area contributed by atoms with Gasteiger partial charge in [-0.25, -0.2) is 9.97 Å². The Balaban J connectivity index is 1.58. The van der Waals surface area contributed by atoms with Gasteiger partial charge in [0.05, 0.1) is 12.8 Å². The standard InChI is InChI=1S/C18H21N5OS/c1-13-9-16(3-6-20-13)24-12-14-4-7-23(8-5-14)17-15(10-19)11-21-18(22-17)25-2/h3,6,9,11,14H,4-5,7-8,12H2,1-2H3. The van der Waals surface area contributed by atoms with E-state index in [1.807, 2.05) is 25.3 Å². The topological polar surface area (TPSA) is 74.9 Å². The van der Waals surface area contributed by atoms with E-state index in [0.29, 0.717) is 23.2 Å². The second-order valence-corrected chi connectivity index (χ2v) is 6.85. The maximum absolute atomic E-state index is 9.31. The first kappa shape index (κ1) is 17.5. The molecule has 25 heavy (non-hydrogen) atoms. The third-order valence-corrected chi connectivity index (χ3v) is 4.88. The molecule has 2 aromatic heterocycles. The first-order valence-electron chi connectivity index (χ1n) is 8.31. The molecule has 0 amide bonds. The van der Waals surface area contributed by atoms with Gasteiger partial charge in [0, 0.05) is 31.0 Å². The lowest BCUT2D eigenvalue weighted by Gasteiger charge is -2.33. The van der Waals surface area contributed by atoms with E-state index in [1.54, 1.807) is 12.4 Å². The van der Waals surface area contributed by atoms with Crippen molar-refractivity contribution in [3.05, 3.63) is 35.8 Å². The number of ether oxygens (including phenoxy) is 1. The predicted molar refractivity (Wildman–Crippen MR) is 97.9 cm³/mol. The summed E-state index contributed by atoms with van der Waals surface area (Å²) >= 11 is 1.49. The van der Waals surface area contributed by atoms with Crippen LogP contribution in [0, 0.1) is 24.2 Å². The highest BCUT2D eigenvalue weighted by Crippen LogP contribution is 2.26. The number of aryl methyl sites for hydroxylation is 1. The van der Waals surface area contributed by atoms with Crippen LogP contribution in [0.1, 0.15) is 24.1 Å². The number of anilines is 1. The van der Waals surface area contributed by atoms with Crippen molar-refractivity contribution >= 4 is 17.6 Å². The largest absolute Gasteiger partial charge is 0.493 e. The monoisotopic (exact) mass is 355 g/mol. The molecule has 1 aliphatic rings. The molecule has 0 aliphatic carbocycles. The first-order valence-corrected chi connectivity index (χ1v) is 9.53. The molecule has 3 heterocycles. The van der Waals surface area contributed by atoms with Crippen molar-refractivity contribution in [1.29, 1.82) is 5.26 Å². The van der Waals surface area contributed by atoms with E-state index in [-0.39, 0.29) is 0 Å². The predicted octanol–water partition coefficient (Wildman–Crippen LogP) is 3.07. The minimum absolute atomic E-state index is 0.511. The highest BCUT2D eigenvalue weighted by Gasteiger charge is 2.23. The quantitative estimate of drug-likeness (QED) is 0.602. The molecule has 0 saturated carbocycles. The van der Waals surface area contributed by atoms with E-state index in [2.05, 4.69) is 25.9 Å². The summed E-state index contributed by atoms with van der Waals surface area (Å²) in [6.45, 7) is 4.43. The van der Waals surface area contributed by atoms with Gasteiger partial charge in [-0.15, -0.1) is 0 Å². The van der Waals surface area contributed by atoms with Gasteiger partial charge in [-0.1, -0.05) is 11.8 Å². The average Bonchev–Trinajstić information content (AvgIpc) is 2.66. The maximum atomic E-state index is 9.31. The zero-order chi connectivity index (χ0) is 17.6. The molecule has 130 valence electrons. The Bertz CT molecular complexity index is 768. The van der Waals surface area contributed by atoms with Crippen molar-refractivity contribution in [3.8, 4) is 11.8 Å². The summed E-state index contributed by atoms with van der Waals surface area (Å²) in [5.74, 6) is 2.14. The van der Waals surface area contributed by atoms with Crippen LogP contribution in [0.15, 0.2) is 29.7 Å². The van der Waals surface area contributed by atoms with Crippen LogP contribution in [-0.4, -0.2) is 40.9 Å². The van der Waals surface area contributed by atoms with Crippen molar-refractivity contribution in [2.75, 3.05) is 30.9 Å². The maximum Gasteiger partial charge on any atom is 0.189 e. The van der Waals surface area contributed by atoms with Crippen molar-refractivity contribution in [3.63, 3.8) is 0 Å². The average molecular weight is 355 g/mol. The summed E-state index contributed by atoms with van der Waals surface area (Å²) < 4.78 is 5.91. The van der Waals surface area contributed by atoms with E-state index < -0.39 is 0 Å². The molecule has 0 N–H and O–H groups in total. The zero-order valence-corrected chi connectivity index (χ0v) is 15.3. The molecule has 0 unspecified atom stereocenters. The first-order chi connectivity index (χ1) is 12.2. The van der Waals surface area contributed by atoms with E-state index in [1.165, 1.54) is 11.8 Å². The fourth-order valence-electron chi connectivity index (χ4n) is 2.91. The summed E-state index contributed by atoms with van der Waals surface area (Å²) in [5.41, 5.74) is 1.50. The summed E-state index contributed by atoms with van der Waals surface area (Å²) in [4.78, 5) is 15.1. The van der Waals surface area contributed by atoms with Crippen LogP contribution in [-0.2, 0) is 0 Å². The number of hydrogen-bond acceptors (Lipinski definition) is 7. The van der Waals surface area contributed by atoms with Gasteiger partial charge in [0.1, 0.15) is 17.4 Å². The smallest absolute Gasteiger partial charge is 0.189 e. The van der Waals surface area contributed by atoms with Crippen molar-refractivity contribution in [2.24, 2.45) is 5.92 Å². The lowest BCUT2D eigenvalue weighted by atomic mass is 9.97. The van der Waals surface area contributed by atoms with Gasteiger partial charge in [-0.05, 0) is 38.0 Å². The lowest BCUT2D eigenvalue weighted by molar-refractivity contribution is 0.222. The SMILES string of the molecule is CSc1ncc(C#N)c(N2CCC(COc3ccnc(C)c3)CC2)n1. The number of rotatable bonds is 5. The minimum Gasteiger partial charge on any atom is -0.493 e. The summed E-state index contributed by atoms with van der Waals surface area (Å²) in [7, 11) is 0. The molecule has 0 bridgehead atoms. The number of pyridine rings is 1. The van der Waals surface area contributed by atoms with Crippen molar-refractivity contribution in [2.45, 2.75) is 24.9 Å². The molecular weight excluding hydrogens is 334 g/mol. The highest BCUT2D eigenvalue weighted by molar-refractivity contribution is 7.98. The number of thioether (sulfide) groups is 1. The molecule has 1 fully saturated rings. The van der Waals surface area contributed by atoms with Gasteiger partial charge in [0.15, 0.2) is 11.0 Å². The molecule has 3 rings (SSSR count). The number of nitriles is 1. The van der Waals surface area contributed by atoms with Gasteiger partial charge in [-0.3, -0.25) is 4.98 Å². The van der Waals surface area contributed by atoms with Gasteiger partial charge in [0.25, 0.3) is 0 Å². The van der Waals surface area contributed by atoms with Crippen LogP contribution in [0.3, 0.4) is 0 Å². The summed E-state index contributed by atoms with van der Waals surface area (Å²) in [5, 5.41) is 10.0. The number of nitrogens with zero attached hydrogens (tertiary/aromatic N) is 5. The second-order valence-electron chi connectivity index (χ2n) is 6.08. The van der Waals surface area contributed by atoms with Gasteiger partial charge in [-0.2, -0.15) is 5.26 Å². The number of hydrogen-bond donors (Lipinski definition) is 0. The molecule has 0 spiro atoms. The number of piperidine rings is 1. The van der Waals surface area contributed by atoms with E-state index in [0.717, 1.165) is 43.2 Å². The van der Waals surface area contributed by atoms with E-state index in [4.69, 9.17) is 4.74 Å². The highest BCUT2D eigenvalue weighted by atomic mass is 32.2. The van der Waals surface area contributed by atoms with Crippen LogP contribution in [0.4, 0.5) is 5.82 Å².